The Morgan fingerprint density at radius 3 is 2.67 bits per heavy atom. The molecular weight excluding hydrogens is 240 g/mol. The summed E-state index contributed by atoms with van der Waals surface area (Å²) in [6.45, 7) is 2.04. The first-order valence-corrected chi connectivity index (χ1v) is 5.92. The summed E-state index contributed by atoms with van der Waals surface area (Å²) < 4.78 is 31.0. The third-order valence-corrected chi connectivity index (χ3v) is 2.65. The molecule has 1 unspecified atom stereocenters. The zero-order chi connectivity index (χ0) is 13.6. The standard InChI is InChI=1S/C13H19F2NO2/c1-13(16,9-17)6-2-3-7-18-12-5-4-10(14)8-11(12)15/h4-5,8,17H,2-3,6-7,9,16H2,1H3. The quantitative estimate of drug-likeness (QED) is 0.738. The van der Waals surface area contributed by atoms with Crippen LogP contribution in [0.25, 0.3) is 0 Å². The fourth-order valence-electron chi connectivity index (χ4n) is 1.48. The van der Waals surface area contributed by atoms with Crippen molar-refractivity contribution in [1.82, 2.24) is 0 Å². The molecular formula is C13H19F2NO2. The first-order chi connectivity index (χ1) is 8.44. The van der Waals surface area contributed by atoms with E-state index in [0.29, 0.717) is 19.4 Å². The first-order valence-electron chi connectivity index (χ1n) is 5.92. The topological polar surface area (TPSA) is 55.5 Å². The van der Waals surface area contributed by atoms with E-state index in [-0.39, 0.29) is 12.4 Å². The lowest BCUT2D eigenvalue weighted by Crippen LogP contribution is -2.39. The molecule has 0 spiro atoms. The summed E-state index contributed by atoms with van der Waals surface area (Å²) in [6, 6.07) is 3.21. The van der Waals surface area contributed by atoms with Crippen molar-refractivity contribution in [2.45, 2.75) is 31.7 Å². The highest BCUT2D eigenvalue weighted by Crippen LogP contribution is 2.18. The van der Waals surface area contributed by atoms with E-state index in [2.05, 4.69) is 0 Å². The summed E-state index contributed by atoms with van der Waals surface area (Å²) in [5, 5.41) is 8.95. The Bertz CT molecular complexity index is 383. The second-order valence-corrected chi connectivity index (χ2v) is 4.69. The van der Waals surface area contributed by atoms with Gasteiger partial charge in [-0.1, -0.05) is 0 Å². The number of aliphatic hydroxyl groups excluding tert-OH is 1. The van der Waals surface area contributed by atoms with Crippen molar-refractivity contribution in [1.29, 1.82) is 0 Å². The average molecular weight is 259 g/mol. The summed E-state index contributed by atoms with van der Waals surface area (Å²) in [4.78, 5) is 0. The van der Waals surface area contributed by atoms with Gasteiger partial charge in [0.1, 0.15) is 5.82 Å². The number of ether oxygens (including phenoxy) is 1. The Morgan fingerprint density at radius 2 is 2.06 bits per heavy atom. The lowest BCUT2D eigenvalue weighted by molar-refractivity contribution is 0.193. The molecule has 5 heteroatoms. The number of nitrogens with two attached hydrogens (primary N) is 1. The molecule has 0 aliphatic heterocycles. The monoisotopic (exact) mass is 259 g/mol. The smallest absolute Gasteiger partial charge is 0.167 e. The summed E-state index contributed by atoms with van der Waals surface area (Å²) in [6.07, 6.45) is 2.14. The molecule has 3 N–H and O–H groups in total. The zero-order valence-electron chi connectivity index (χ0n) is 10.5. The maximum Gasteiger partial charge on any atom is 0.167 e. The molecule has 1 aromatic rings. The number of halogens is 2. The Kier molecular flexibility index (Phi) is 5.50. The Morgan fingerprint density at radius 1 is 1.33 bits per heavy atom. The molecule has 0 fully saturated rings. The van der Waals surface area contributed by atoms with Crippen LogP contribution in [-0.2, 0) is 0 Å². The van der Waals surface area contributed by atoms with Gasteiger partial charge in [0.05, 0.1) is 13.2 Å². The number of hydrogen-bond acceptors (Lipinski definition) is 3. The van der Waals surface area contributed by atoms with Gasteiger partial charge in [0, 0.05) is 11.6 Å². The summed E-state index contributed by atoms with van der Waals surface area (Å²) in [7, 11) is 0. The summed E-state index contributed by atoms with van der Waals surface area (Å²) in [5.74, 6) is -1.27. The molecule has 3 nitrogen and oxygen atoms in total. The number of benzene rings is 1. The molecule has 0 saturated heterocycles. The van der Waals surface area contributed by atoms with Gasteiger partial charge in [0.2, 0.25) is 0 Å². The van der Waals surface area contributed by atoms with Crippen LogP contribution >= 0.6 is 0 Å². The lowest BCUT2D eigenvalue weighted by atomic mass is 9.97. The minimum Gasteiger partial charge on any atom is -0.491 e. The highest BCUT2D eigenvalue weighted by molar-refractivity contribution is 5.24. The fraction of sp³-hybridized carbons (Fsp3) is 0.538. The molecule has 1 atom stereocenters. The van der Waals surface area contributed by atoms with Gasteiger partial charge in [-0.3, -0.25) is 0 Å². The molecule has 18 heavy (non-hydrogen) atoms. The predicted octanol–water partition coefficient (Wildman–Crippen LogP) is 2.22. The van der Waals surface area contributed by atoms with E-state index in [4.69, 9.17) is 15.6 Å². The van der Waals surface area contributed by atoms with Gasteiger partial charge in [-0.05, 0) is 38.3 Å². The third-order valence-electron chi connectivity index (χ3n) is 2.65. The molecule has 0 amide bonds. The molecule has 102 valence electrons. The first kappa shape index (κ1) is 14.9. The van der Waals surface area contributed by atoms with Gasteiger partial charge in [-0.15, -0.1) is 0 Å². The number of hydrogen-bond donors (Lipinski definition) is 2. The largest absolute Gasteiger partial charge is 0.491 e. The number of rotatable bonds is 7. The fourth-order valence-corrected chi connectivity index (χ4v) is 1.48. The Balaban J connectivity index is 2.26. The molecule has 1 aromatic carbocycles. The average Bonchev–Trinajstić information content (AvgIpc) is 2.31. The SMILES string of the molecule is CC(N)(CO)CCCCOc1ccc(F)cc1F. The minimum absolute atomic E-state index is 0.0501. The number of aliphatic hydroxyl groups is 1. The molecule has 0 aliphatic rings. The van der Waals surface area contributed by atoms with Crippen molar-refractivity contribution in [2.24, 2.45) is 5.73 Å². The molecule has 0 aromatic heterocycles. The maximum absolute atomic E-state index is 13.2. The van der Waals surface area contributed by atoms with Crippen LogP contribution in [0.1, 0.15) is 26.2 Å². The van der Waals surface area contributed by atoms with Crippen molar-refractivity contribution in [3.05, 3.63) is 29.8 Å². The van der Waals surface area contributed by atoms with E-state index >= 15 is 0 Å². The molecule has 0 saturated carbocycles. The van der Waals surface area contributed by atoms with Crippen molar-refractivity contribution in [2.75, 3.05) is 13.2 Å². The van der Waals surface area contributed by atoms with Crippen LogP contribution in [0.2, 0.25) is 0 Å². The second-order valence-electron chi connectivity index (χ2n) is 4.69. The Hall–Kier alpha value is -1.20. The van der Waals surface area contributed by atoms with E-state index in [0.717, 1.165) is 18.6 Å². The van der Waals surface area contributed by atoms with Gasteiger partial charge in [0.15, 0.2) is 11.6 Å². The second kappa shape index (κ2) is 6.66. The van der Waals surface area contributed by atoms with Crippen molar-refractivity contribution >= 4 is 0 Å². The summed E-state index contributed by atoms with van der Waals surface area (Å²) >= 11 is 0. The molecule has 1 rings (SSSR count). The van der Waals surface area contributed by atoms with E-state index < -0.39 is 17.2 Å². The predicted molar refractivity (Wildman–Crippen MR) is 65.4 cm³/mol. The van der Waals surface area contributed by atoms with Crippen LogP contribution in [0.4, 0.5) is 8.78 Å². The van der Waals surface area contributed by atoms with Crippen LogP contribution in [0, 0.1) is 11.6 Å². The minimum atomic E-state index is -0.700. The van der Waals surface area contributed by atoms with Crippen LogP contribution in [0.3, 0.4) is 0 Å². The van der Waals surface area contributed by atoms with E-state index in [1.165, 1.54) is 6.07 Å². The van der Waals surface area contributed by atoms with Crippen LogP contribution < -0.4 is 10.5 Å². The molecule has 0 heterocycles. The molecule has 0 aliphatic carbocycles. The number of unbranched alkanes of at least 4 members (excludes halogenated alkanes) is 1. The van der Waals surface area contributed by atoms with Gasteiger partial charge in [-0.2, -0.15) is 0 Å². The van der Waals surface area contributed by atoms with Crippen LogP contribution in [0.15, 0.2) is 18.2 Å². The summed E-state index contributed by atoms with van der Waals surface area (Å²) in [5.41, 5.74) is 5.18. The van der Waals surface area contributed by atoms with Gasteiger partial charge in [0.25, 0.3) is 0 Å². The highest BCUT2D eigenvalue weighted by Gasteiger charge is 2.15. The highest BCUT2D eigenvalue weighted by atomic mass is 19.1. The van der Waals surface area contributed by atoms with Gasteiger partial charge >= 0.3 is 0 Å². The van der Waals surface area contributed by atoms with Crippen molar-refractivity contribution < 1.29 is 18.6 Å². The van der Waals surface area contributed by atoms with E-state index in [1.807, 2.05) is 0 Å². The van der Waals surface area contributed by atoms with E-state index in [9.17, 15) is 8.78 Å². The Labute approximate surface area is 106 Å². The van der Waals surface area contributed by atoms with E-state index in [1.54, 1.807) is 6.92 Å². The molecule has 0 bridgehead atoms. The van der Waals surface area contributed by atoms with Gasteiger partial charge in [-0.25, -0.2) is 8.78 Å². The molecule has 0 radical (unpaired) electrons. The van der Waals surface area contributed by atoms with Crippen molar-refractivity contribution in [3.8, 4) is 5.75 Å². The normalized spacial score (nSPS) is 14.3. The lowest BCUT2D eigenvalue weighted by Gasteiger charge is -2.21. The maximum atomic E-state index is 13.2. The van der Waals surface area contributed by atoms with Gasteiger partial charge < -0.3 is 15.6 Å². The van der Waals surface area contributed by atoms with Crippen LogP contribution in [0.5, 0.6) is 5.75 Å². The van der Waals surface area contributed by atoms with Crippen LogP contribution in [-0.4, -0.2) is 23.9 Å². The zero-order valence-corrected chi connectivity index (χ0v) is 10.5. The van der Waals surface area contributed by atoms with Crippen molar-refractivity contribution in [3.63, 3.8) is 0 Å². The third kappa shape index (κ3) is 4.98.